The monoisotopic (exact) mass is 276 g/mol. The van der Waals surface area contributed by atoms with Crippen molar-refractivity contribution in [1.82, 2.24) is 19.8 Å². The average Bonchev–Trinajstić information content (AvgIpc) is 2.99. The fourth-order valence-corrected chi connectivity index (χ4v) is 2.49. The lowest BCUT2D eigenvalue weighted by Crippen LogP contribution is -1.96. The predicted octanol–water partition coefficient (Wildman–Crippen LogP) is 2.95. The number of methoxy groups -OCH3 is 1. The van der Waals surface area contributed by atoms with Crippen molar-refractivity contribution in [2.45, 2.75) is 0 Å². The summed E-state index contributed by atoms with van der Waals surface area (Å²) in [7, 11) is 1.64. The maximum Gasteiger partial charge on any atom is 0.189 e. The number of ether oxygens (including phenoxy) is 1. The van der Waals surface area contributed by atoms with Crippen molar-refractivity contribution >= 4 is 16.4 Å². The molecule has 0 saturated heterocycles. The summed E-state index contributed by atoms with van der Waals surface area (Å²) < 4.78 is 7.15. The highest BCUT2D eigenvalue weighted by Crippen LogP contribution is 2.29. The van der Waals surface area contributed by atoms with Crippen LogP contribution in [0.15, 0.2) is 54.7 Å². The van der Waals surface area contributed by atoms with Crippen LogP contribution in [0.3, 0.4) is 0 Å². The summed E-state index contributed by atoms with van der Waals surface area (Å²) in [6.07, 6.45) is 1.82. The zero-order valence-corrected chi connectivity index (χ0v) is 11.4. The van der Waals surface area contributed by atoms with Gasteiger partial charge in [0.1, 0.15) is 5.75 Å². The molecule has 2 heterocycles. The van der Waals surface area contributed by atoms with E-state index in [0.717, 1.165) is 27.7 Å². The largest absolute Gasteiger partial charge is 0.496 e. The van der Waals surface area contributed by atoms with Crippen molar-refractivity contribution in [3.05, 3.63) is 54.7 Å². The number of aromatic nitrogens is 4. The second kappa shape index (κ2) is 4.56. The van der Waals surface area contributed by atoms with Gasteiger partial charge in [-0.3, -0.25) is 0 Å². The maximum absolute atomic E-state index is 5.40. The first-order chi connectivity index (χ1) is 10.4. The van der Waals surface area contributed by atoms with Gasteiger partial charge in [-0.2, -0.15) is 9.61 Å². The van der Waals surface area contributed by atoms with E-state index in [0.29, 0.717) is 5.82 Å². The Labute approximate surface area is 120 Å². The third-order valence-electron chi connectivity index (χ3n) is 3.50. The van der Waals surface area contributed by atoms with Crippen LogP contribution < -0.4 is 4.74 Å². The normalized spacial score (nSPS) is 11.1. The minimum atomic E-state index is 0.674. The van der Waals surface area contributed by atoms with Crippen LogP contribution in [0.25, 0.3) is 27.8 Å². The van der Waals surface area contributed by atoms with Crippen LogP contribution in [-0.2, 0) is 0 Å². The van der Waals surface area contributed by atoms with E-state index in [1.165, 1.54) is 0 Å². The molecule has 0 unspecified atom stereocenters. The topological polar surface area (TPSA) is 52.3 Å². The Morgan fingerprint density at radius 1 is 0.952 bits per heavy atom. The molecule has 0 amide bonds. The summed E-state index contributed by atoms with van der Waals surface area (Å²) in [5.41, 5.74) is 1.62. The third-order valence-corrected chi connectivity index (χ3v) is 3.50. The van der Waals surface area contributed by atoms with Gasteiger partial charge >= 0.3 is 0 Å². The highest BCUT2D eigenvalue weighted by atomic mass is 16.5. The number of nitrogens with zero attached hydrogens (tertiary/aromatic N) is 4. The SMILES string of the molecule is COc1ccccc1-c1nnc2c3ccccc3cnn12. The number of hydrogen-bond donors (Lipinski definition) is 0. The molecule has 0 fully saturated rings. The van der Waals surface area contributed by atoms with E-state index in [2.05, 4.69) is 15.3 Å². The van der Waals surface area contributed by atoms with Crippen LogP contribution in [0.4, 0.5) is 0 Å². The van der Waals surface area contributed by atoms with Gasteiger partial charge in [0.15, 0.2) is 11.5 Å². The van der Waals surface area contributed by atoms with E-state index in [-0.39, 0.29) is 0 Å². The quantitative estimate of drug-likeness (QED) is 0.565. The highest BCUT2D eigenvalue weighted by molar-refractivity contribution is 5.93. The first kappa shape index (κ1) is 11.8. The molecule has 4 aromatic rings. The van der Waals surface area contributed by atoms with Crippen LogP contribution in [0.2, 0.25) is 0 Å². The molecule has 0 aliphatic heterocycles. The third kappa shape index (κ3) is 1.74. The lowest BCUT2D eigenvalue weighted by atomic mass is 10.2. The maximum atomic E-state index is 5.40. The summed E-state index contributed by atoms with van der Waals surface area (Å²) in [6.45, 7) is 0. The molecular weight excluding hydrogens is 264 g/mol. The number of rotatable bonds is 2. The van der Waals surface area contributed by atoms with Gasteiger partial charge in [0.2, 0.25) is 0 Å². The minimum Gasteiger partial charge on any atom is -0.496 e. The average molecular weight is 276 g/mol. The van der Waals surface area contributed by atoms with Gasteiger partial charge in [-0.1, -0.05) is 36.4 Å². The molecule has 0 saturated carbocycles. The zero-order valence-electron chi connectivity index (χ0n) is 11.4. The highest BCUT2D eigenvalue weighted by Gasteiger charge is 2.14. The Kier molecular flexibility index (Phi) is 2.57. The smallest absolute Gasteiger partial charge is 0.189 e. The van der Waals surface area contributed by atoms with E-state index in [4.69, 9.17) is 4.74 Å². The predicted molar refractivity (Wildman–Crippen MR) is 80.3 cm³/mol. The van der Waals surface area contributed by atoms with Gasteiger partial charge in [-0.05, 0) is 12.1 Å². The second-order valence-electron chi connectivity index (χ2n) is 4.69. The van der Waals surface area contributed by atoms with Crippen LogP contribution >= 0.6 is 0 Å². The Bertz CT molecular complexity index is 945. The van der Waals surface area contributed by atoms with Crippen LogP contribution in [0, 0.1) is 0 Å². The van der Waals surface area contributed by atoms with Crippen LogP contribution in [0.1, 0.15) is 0 Å². The number of para-hydroxylation sites is 1. The molecule has 0 radical (unpaired) electrons. The molecule has 2 aromatic carbocycles. The standard InChI is InChI=1S/C16H12N4O/c1-21-14-9-5-4-8-13(14)16-19-18-15-12-7-3-2-6-11(12)10-17-20(15)16/h2-10H,1H3. The van der Waals surface area contributed by atoms with Gasteiger partial charge in [0.05, 0.1) is 18.9 Å². The molecule has 5 heteroatoms. The van der Waals surface area contributed by atoms with Crippen molar-refractivity contribution in [2.75, 3.05) is 7.11 Å². The molecule has 0 N–H and O–H groups in total. The summed E-state index contributed by atoms with van der Waals surface area (Å²) in [5.74, 6) is 1.43. The second-order valence-corrected chi connectivity index (χ2v) is 4.69. The molecule has 102 valence electrons. The molecule has 0 aliphatic rings. The van der Waals surface area contributed by atoms with Crippen molar-refractivity contribution in [1.29, 1.82) is 0 Å². The Hall–Kier alpha value is -2.95. The van der Waals surface area contributed by atoms with Crippen molar-refractivity contribution in [3.8, 4) is 17.1 Å². The molecule has 0 spiro atoms. The Morgan fingerprint density at radius 2 is 1.76 bits per heavy atom. The summed E-state index contributed by atoms with van der Waals surface area (Å²) >= 11 is 0. The van der Waals surface area contributed by atoms with E-state index in [1.807, 2.05) is 54.7 Å². The fraction of sp³-hybridized carbons (Fsp3) is 0.0625. The van der Waals surface area contributed by atoms with Gasteiger partial charge in [0.25, 0.3) is 0 Å². The van der Waals surface area contributed by atoms with Crippen molar-refractivity contribution in [3.63, 3.8) is 0 Å². The first-order valence-electron chi connectivity index (χ1n) is 6.61. The molecule has 2 aromatic heterocycles. The molecule has 4 rings (SSSR count). The molecule has 0 atom stereocenters. The molecular formula is C16H12N4O. The van der Waals surface area contributed by atoms with Gasteiger partial charge in [0, 0.05) is 10.8 Å². The Morgan fingerprint density at radius 3 is 2.67 bits per heavy atom. The lowest BCUT2D eigenvalue weighted by Gasteiger charge is -2.06. The minimum absolute atomic E-state index is 0.674. The molecule has 0 bridgehead atoms. The summed E-state index contributed by atoms with van der Waals surface area (Å²) in [5, 5.41) is 15.1. The van der Waals surface area contributed by atoms with Crippen molar-refractivity contribution < 1.29 is 4.74 Å². The number of hydrogen-bond acceptors (Lipinski definition) is 4. The van der Waals surface area contributed by atoms with Gasteiger partial charge in [-0.25, -0.2) is 0 Å². The summed E-state index contributed by atoms with van der Waals surface area (Å²) in [6, 6.07) is 15.7. The lowest BCUT2D eigenvalue weighted by molar-refractivity contribution is 0.416. The Balaban J connectivity index is 2.05. The number of benzene rings is 2. The van der Waals surface area contributed by atoms with Crippen LogP contribution in [-0.4, -0.2) is 26.9 Å². The van der Waals surface area contributed by atoms with Crippen molar-refractivity contribution in [2.24, 2.45) is 0 Å². The van der Waals surface area contributed by atoms with E-state index >= 15 is 0 Å². The van der Waals surface area contributed by atoms with E-state index in [1.54, 1.807) is 11.6 Å². The first-order valence-corrected chi connectivity index (χ1v) is 6.61. The van der Waals surface area contributed by atoms with E-state index < -0.39 is 0 Å². The summed E-state index contributed by atoms with van der Waals surface area (Å²) in [4.78, 5) is 0. The number of fused-ring (bicyclic) bond motifs is 3. The zero-order chi connectivity index (χ0) is 14.2. The fourth-order valence-electron chi connectivity index (χ4n) is 2.49. The molecule has 0 aliphatic carbocycles. The van der Waals surface area contributed by atoms with Crippen LogP contribution in [0.5, 0.6) is 5.75 Å². The van der Waals surface area contributed by atoms with Gasteiger partial charge in [-0.15, -0.1) is 10.2 Å². The van der Waals surface area contributed by atoms with Gasteiger partial charge < -0.3 is 4.74 Å². The van der Waals surface area contributed by atoms with E-state index in [9.17, 15) is 0 Å². The molecule has 21 heavy (non-hydrogen) atoms. The molecule has 5 nitrogen and oxygen atoms in total.